The molecule has 0 radical (unpaired) electrons. The molecule has 107 heavy (non-hydrogen) atoms. The quantitative estimate of drug-likeness (QED) is 0.0195. The van der Waals surface area contributed by atoms with Crippen molar-refractivity contribution >= 4 is 17.9 Å². The molecule has 9 heteroatoms. The summed E-state index contributed by atoms with van der Waals surface area (Å²) in [7, 11) is 5.95. The summed E-state index contributed by atoms with van der Waals surface area (Å²) in [6.07, 6.45) is 122. The third-order valence-electron chi connectivity index (χ3n) is 20.2. The van der Waals surface area contributed by atoms with E-state index < -0.39 is 24.3 Å². The van der Waals surface area contributed by atoms with Crippen LogP contribution >= 0.6 is 0 Å². The van der Waals surface area contributed by atoms with Crippen molar-refractivity contribution in [2.75, 3.05) is 47.5 Å². The van der Waals surface area contributed by atoms with Crippen LogP contribution in [0.15, 0.2) is 122 Å². The Labute approximate surface area is 663 Å². The zero-order valence-electron chi connectivity index (χ0n) is 71.0. The summed E-state index contributed by atoms with van der Waals surface area (Å²) in [5.41, 5.74) is 0. The van der Waals surface area contributed by atoms with Crippen molar-refractivity contribution in [1.82, 2.24) is 0 Å². The summed E-state index contributed by atoms with van der Waals surface area (Å²) in [6.45, 7) is 4.58. The number of likely N-dealkylation sites (N-methyl/N-ethyl adjacent to an activating group) is 1. The van der Waals surface area contributed by atoms with Crippen LogP contribution in [0.4, 0.5) is 0 Å². The normalized spacial score (nSPS) is 13.2. The molecule has 0 aliphatic rings. The smallest absolute Gasteiger partial charge is 0.306 e. The van der Waals surface area contributed by atoms with E-state index in [9.17, 15) is 19.5 Å². The molecule has 2 unspecified atom stereocenters. The van der Waals surface area contributed by atoms with Gasteiger partial charge < -0.3 is 33.3 Å². The summed E-state index contributed by atoms with van der Waals surface area (Å²) in [6, 6.07) is 0. The first kappa shape index (κ1) is 103. The number of carboxylic acid groups (broad SMARTS) is 1. The fourth-order valence-corrected chi connectivity index (χ4v) is 13.4. The van der Waals surface area contributed by atoms with Crippen LogP contribution in [0.3, 0.4) is 0 Å². The SMILES string of the molecule is CC/C=C\C/C=C\C/C=C\C/C=C\C/C=C\C/C=C\CCCCCCCCCCCCCCCCCCCCCCCCC(=O)OC(COC(=O)CCCCCCCCCCCCCCCCCCCCCCCCCCCCCC/C=C\C/C=C\C/C=C\C/C=C\CC)COC(OCC[N+](C)(C)C)C(=O)[O-]. The third kappa shape index (κ3) is 88.8. The van der Waals surface area contributed by atoms with Gasteiger partial charge in [0.1, 0.15) is 13.2 Å². The molecule has 2 atom stereocenters. The molecule has 0 aliphatic heterocycles. The van der Waals surface area contributed by atoms with Gasteiger partial charge in [-0.1, -0.05) is 431 Å². The number of esters is 2. The number of carbonyl (C=O) groups is 3. The van der Waals surface area contributed by atoms with Gasteiger partial charge in [0, 0.05) is 12.8 Å². The van der Waals surface area contributed by atoms with E-state index in [1.54, 1.807) is 0 Å². The standard InChI is InChI=1S/C98H173NO8/c1-6-8-10-12-14-16-18-20-22-24-26-28-30-32-34-36-38-40-42-44-46-48-50-52-54-56-58-60-62-64-66-68-70-72-74-76-78-80-82-84-86-88-95(100)105-92-94(93-106-98(97(102)103)104-91-90-99(3,4)5)107-96(101)89-87-85-83-81-79-77-75-73-71-69-67-65-63-61-59-57-55-53-51-49-47-45-43-41-39-37-35-33-31-29-27-25-23-21-19-17-15-13-11-9-7-2/h8-11,14-17,20-23,26-29,33,35,39,41,94,98H,6-7,12-13,18-19,24-25,30-32,34,36-38,40,42-93H2,1-5H3/b10-8-,11-9-,16-14-,17-15-,22-20-,23-21-,28-26-,29-27-,35-33-,41-39-. The first-order chi connectivity index (χ1) is 52.6. The van der Waals surface area contributed by atoms with E-state index in [1.807, 2.05) is 21.1 Å². The fourth-order valence-electron chi connectivity index (χ4n) is 13.4. The predicted molar refractivity (Wildman–Crippen MR) is 463 cm³/mol. The number of aliphatic carboxylic acids is 1. The first-order valence-corrected chi connectivity index (χ1v) is 45.7. The van der Waals surface area contributed by atoms with E-state index in [1.165, 1.54) is 295 Å². The minimum atomic E-state index is -1.62. The van der Waals surface area contributed by atoms with Crippen LogP contribution in [-0.2, 0) is 33.3 Å². The molecule has 0 bridgehead atoms. The number of rotatable bonds is 85. The van der Waals surface area contributed by atoms with E-state index in [4.69, 9.17) is 18.9 Å². The second kappa shape index (κ2) is 87.3. The number of hydrogen-bond donors (Lipinski definition) is 0. The maximum atomic E-state index is 13.0. The Kier molecular flexibility index (Phi) is 83.8. The maximum Gasteiger partial charge on any atom is 0.306 e. The number of allylic oxidation sites excluding steroid dienone is 20. The maximum absolute atomic E-state index is 13.0. The number of unbranched alkanes of at least 4 members (excludes halogenated alkanes) is 50. The highest BCUT2D eigenvalue weighted by molar-refractivity contribution is 5.70. The van der Waals surface area contributed by atoms with Crippen LogP contribution in [0.5, 0.6) is 0 Å². The van der Waals surface area contributed by atoms with Crippen LogP contribution in [0.2, 0.25) is 0 Å². The lowest BCUT2D eigenvalue weighted by molar-refractivity contribution is -0.870. The lowest BCUT2D eigenvalue weighted by Gasteiger charge is -2.26. The highest BCUT2D eigenvalue weighted by Gasteiger charge is 2.22. The Bertz CT molecular complexity index is 2190. The topological polar surface area (TPSA) is 111 Å². The van der Waals surface area contributed by atoms with Gasteiger partial charge in [0.25, 0.3) is 0 Å². The van der Waals surface area contributed by atoms with Crippen LogP contribution in [0, 0.1) is 0 Å². The van der Waals surface area contributed by atoms with Crippen molar-refractivity contribution in [2.45, 2.75) is 437 Å². The Hall–Kier alpha value is -4.31. The Morgan fingerprint density at radius 1 is 0.280 bits per heavy atom. The monoisotopic (exact) mass is 1490 g/mol. The number of ether oxygens (including phenoxy) is 4. The molecule has 618 valence electrons. The molecular formula is C98H173NO8. The third-order valence-corrected chi connectivity index (χ3v) is 20.2. The highest BCUT2D eigenvalue weighted by atomic mass is 16.7. The second-order valence-electron chi connectivity index (χ2n) is 31.8. The van der Waals surface area contributed by atoms with E-state index in [0.717, 1.165) is 96.3 Å². The Morgan fingerprint density at radius 3 is 0.748 bits per heavy atom. The zero-order chi connectivity index (χ0) is 77.4. The van der Waals surface area contributed by atoms with Gasteiger partial charge in [-0.2, -0.15) is 0 Å². The zero-order valence-corrected chi connectivity index (χ0v) is 71.0. The van der Waals surface area contributed by atoms with Gasteiger partial charge in [0.05, 0.1) is 40.3 Å². The minimum absolute atomic E-state index is 0.148. The number of quaternary nitrogens is 1. The minimum Gasteiger partial charge on any atom is -0.545 e. The molecule has 9 nitrogen and oxygen atoms in total. The van der Waals surface area contributed by atoms with Crippen LogP contribution in [-0.4, -0.2) is 82.3 Å². The number of nitrogens with zero attached hydrogens (tertiary/aromatic N) is 1. The molecule has 0 aromatic heterocycles. The first-order valence-electron chi connectivity index (χ1n) is 45.7. The Balaban J connectivity index is 3.90. The molecule has 0 fully saturated rings. The lowest BCUT2D eigenvalue weighted by atomic mass is 10.0. The molecule has 0 spiro atoms. The largest absolute Gasteiger partial charge is 0.545 e. The van der Waals surface area contributed by atoms with Gasteiger partial charge >= 0.3 is 11.9 Å². The summed E-state index contributed by atoms with van der Waals surface area (Å²) in [5.74, 6) is -2.25. The van der Waals surface area contributed by atoms with Crippen LogP contribution in [0.1, 0.15) is 425 Å². The highest BCUT2D eigenvalue weighted by Crippen LogP contribution is 2.20. The molecule has 0 saturated heterocycles. The number of hydrogen-bond acceptors (Lipinski definition) is 8. The van der Waals surface area contributed by atoms with Crippen molar-refractivity contribution in [1.29, 1.82) is 0 Å². The molecule has 0 N–H and O–H groups in total. The van der Waals surface area contributed by atoms with Gasteiger partial charge in [-0.15, -0.1) is 0 Å². The molecular weight excluding hydrogens is 1320 g/mol. The van der Waals surface area contributed by atoms with Crippen molar-refractivity contribution in [2.24, 2.45) is 0 Å². The van der Waals surface area contributed by atoms with Crippen molar-refractivity contribution < 1.29 is 42.9 Å². The molecule has 0 aromatic rings. The molecule has 0 saturated carbocycles. The summed E-state index contributed by atoms with van der Waals surface area (Å²) >= 11 is 0. The lowest BCUT2D eigenvalue weighted by Crippen LogP contribution is -2.44. The molecule has 0 amide bonds. The van der Waals surface area contributed by atoms with Crippen LogP contribution < -0.4 is 5.11 Å². The molecule has 0 aliphatic carbocycles. The number of carboxylic acids is 1. The van der Waals surface area contributed by atoms with Gasteiger partial charge in [-0.3, -0.25) is 9.59 Å². The van der Waals surface area contributed by atoms with Gasteiger partial charge in [0.15, 0.2) is 12.4 Å². The van der Waals surface area contributed by atoms with E-state index in [2.05, 4.69) is 135 Å². The van der Waals surface area contributed by atoms with Crippen LogP contribution in [0.25, 0.3) is 0 Å². The number of carbonyl (C=O) groups excluding carboxylic acids is 3. The van der Waals surface area contributed by atoms with Crippen molar-refractivity contribution in [3.63, 3.8) is 0 Å². The second-order valence-corrected chi connectivity index (χ2v) is 31.8. The van der Waals surface area contributed by atoms with Crippen molar-refractivity contribution in [3.8, 4) is 0 Å². The van der Waals surface area contributed by atoms with E-state index in [-0.39, 0.29) is 32.2 Å². The van der Waals surface area contributed by atoms with E-state index in [0.29, 0.717) is 23.9 Å². The van der Waals surface area contributed by atoms with Gasteiger partial charge in [-0.05, 0) is 103 Å². The summed E-state index contributed by atoms with van der Waals surface area (Å²) in [4.78, 5) is 37.7. The van der Waals surface area contributed by atoms with Crippen molar-refractivity contribution in [3.05, 3.63) is 122 Å². The van der Waals surface area contributed by atoms with E-state index >= 15 is 0 Å². The summed E-state index contributed by atoms with van der Waals surface area (Å²) in [5, 5.41) is 11.9. The molecule has 0 heterocycles. The van der Waals surface area contributed by atoms with Gasteiger partial charge in [-0.25, -0.2) is 0 Å². The average molecular weight is 1490 g/mol. The van der Waals surface area contributed by atoms with Gasteiger partial charge in [0.2, 0.25) is 0 Å². The average Bonchev–Trinajstić information content (AvgIpc) is 0.965. The fraction of sp³-hybridized carbons (Fsp3) is 0.765. The molecule has 0 aromatic carbocycles. The molecule has 0 rings (SSSR count). The summed E-state index contributed by atoms with van der Waals surface area (Å²) < 4.78 is 22.9. The predicted octanol–water partition coefficient (Wildman–Crippen LogP) is 28.8. The Morgan fingerprint density at radius 2 is 0.505 bits per heavy atom.